The van der Waals surface area contributed by atoms with Gasteiger partial charge in [-0.05, 0) is 55.3 Å². The number of sulfonamides is 1. The number of hydrogen-bond acceptors (Lipinski definition) is 4. The van der Waals surface area contributed by atoms with E-state index < -0.39 is 10.0 Å². The SMILES string of the molecule is Cc1c(Cl)cccc1NC(=O)CCNCCc1ccc(S(N)(=O)=O)cc1. The Morgan fingerprint density at radius 1 is 1.12 bits per heavy atom. The van der Waals surface area contributed by atoms with Gasteiger partial charge in [-0.25, -0.2) is 13.6 Å². The van der Waals surface area contributed by atoms with Crippen LogP contribution in [0.4, 0.5) is 5.69 Å². The molecule has 0 heterocycles. The number of carbonyl (C=O) groups excluding carboxylic acids is 1. The molecule has 0 aliphatic carbocycles. The van der Waals surface area contributed by atoms with Crippen LogP contribution in [0.1, 0.15) is 17.5 Å². The van der Waals surface area contributed by atoms with Crippen LogP contribution in [0.5, 0.6) is 0 Å². The van der Waals surface area contributed by atoms with Gasteiger partial charge in [-0.1, -0.05) is 29.8 Å². The molecule has 6 nitrogen and oxygen atoms in total. The maximum Gasteiger partial charge on any atom is 0.238 e. The number of nitrogens with one attached hydrogen (secondary N) is 2. The van der Waals surface area contributed by atoms with Gasteiger partial charge in [0.2, 0.25) is 15.9 Å². The Labute approximate surface area is 158 Å². The third-order valence-corrected chi connectivity index (χ3v) is 5.25. The molecule has 0 aliphatic rings. The second kappa shape index (κ2) is 9.14. The highest BCUT2D eigenvalue weighted by Crippen LogP contribution is 2.22. The second-order valence-corrected chi connectivity index (χ2v) is 7.87. The highest BCUT2D eigenvalue weighted by Gasteiger charge is 2.07. The lowest BCUT2D eigenvalue weighted by molar-refractivity contribution is -0.116. The predicted octanol–water partition coefficient (Wildman–Crippen LogP) is 2.46. The van der Waals surface area contributed by atoms with Crippen LogP contribution in [0.15, 0.2) is 47.4 Å². The van der Waals surface area contributed by atoms with Crippen molar-refractivity contribution in [3.8, 4) is 0 Å². The summed E-state index contributed by atoms with van der Waals surface area (Å²) in [5.74, 6) is -0.0830. The van der Waals surface area contributed by atoms with Gasteiger partial charge < -0.3 is 10.6 Å². The maximum absolute atomic E-state index is 12.0. The van der Waals surface area contributed by atoms with E-state index in [1.165, 1.54) is 12.1 Å². The standard InChI is InChI=1S/C18H22ClN3O3S/c1-13-16(19)3-2-4-17(13)22-18(23)10-12-21-11-9-14-5-7-15(8-6-14)26(20,24)25/h2-8,21H,9-12H2,1H3,(H,22,23)(H2,20,24,25). The van der Waals surface area contributed by atoms with Crippen LogP contribution in [0.3, 0.4) is 0 Å². The average Bonchev–Trinajstić information content (AvgIpc) is 2.58. The third kappa shape index (κ3) is 6.10. The summed E-state index contributed by atoms with van der Waals surface area (Å²) < 4.78 is 22.4. The van der Waals surface area contributed by atoms with E-state index in [0.717, 1.165) is 23.2 Å². The van der Waals surface area contributed by atoms with Crippen LogP contribution >= 0.6 is 11.6 Å². The summed E-state index contributed by atoms with van der Waals surface area (Å²) in [6.45, 7) is 3.08. The lowest BCUT2D eigenvalue weighted by Gasteiger charge is -2.10. The first-order chi connectivity index (χ1) is 12.3. The summed E-state index contributed by atoms with van der Waals surface area (Å²) in [5.41, 5.74) is 2.56. The summed E-state index contributed by atoms with van der Waals surface area (Å²) in [5, 5.41) is 11.7. The Morgan fingerprint density at radius 2 is 1.81 bits per heavy atom. The molecule has 26 heavy (non-hydrogen) atoms. The lowest BCUT2D eigenvalue weighted by atomic mass is 10.1. The van der Waals surface area contributed by atoms with Crippen LogP contribution in [-0.2, 0) is 21.2 Å². The summed E-state index contributed by atoms with van der Waals surface area (Å²) in [6, 6.07) is 11.8. The van der Waals surface area contributed by atoms with Crippen molar-refractivity contribution in [2.24, 2.45) is 5.14 Å². The van der Waals surface area contributed by atoms with Gasteiger partial charge in [-0.2, -0.15) is 0 Å². The molecular weight excluding hydrogens is 374 g/mol. The van der Waals surface area contributed by atoms with E-state index in [1.54, 1.807) is 24.3 Å². The largest absolute Gasteiger partial charge is 0.326 e. The molecule has 2 rings (SSSR count). The van der Waals surface area contributed by atoms with Crippen LogP contribution in [0.2, 0.25) is 5.02 Å². The fourth-order valence-electron chi connectivity index (χ4n) is 2.36. The second-order valence-electron chi connectivity index (χ2n) is 5.90. The monoisotopic (exact) mass is 395 g/mol. The van der Waals surface area contributed by atoms with Gasteiger partial charge in [0.15, 0.2) is 0 Å². The van der Waals surface area contributed by atoms with E-state index in [2.05, 4.69) is 10.6 Å². The first kappa shape index (κ1) is 20.4. The molecule has 1 amide bonds. The van der Waals surface area contributed by atoms with Crippen molar-refractivity contribution in [3.05, 3.63) is 58.6 Å². The molecular formula is C18H22ClN3O3S. The normalized spacial score (nSPS) is 11.3. The highest BCUT2D eigenvalue weighted by molar-refractivity contribution is 7.89. The van der Waals surface area contributed by atoms with E-state index in [1.807, 2.05) is 13.0 Å². The van der Waals surface area contributed by atoms with Crippen molar-refractivity contribution in [1.29, 1.82) is 0 Å². The first-order valence-electron chi connectivity index (χ1n) is 8.15. The van der Waals surface area contributed by atoms with Crippen molar-refractivity contribution in [1.82, 2.24) is 5.32 Å². The van der Waals surface area contributed by atoms with Gasteiger partial charge in [-0.15, -0.1) is 0 Å². The highest BCUT2D eigenvalue weighted by atomic mass is 35.5. The van der Waals surface area contributed by atoms with Crippen LogP contribution in [0.25, 0.3) is 0 Å². The fraction of sp³-hybridized carbons (Fsp3) is 0.278. The number of anilines is 1. The van der Waals surface area contributed by atoms with Crippen molar-refractivity contribution in [2.45, 2.75) is 24.7 Å². The van der Waals surface area contributed by atoms with Gasteiger partial charge in [0, 0.05) is 23.7 Å². The molecule has 0 fully saturated rings. The number of nitrogens with two attached hydrogens (primary N) is 1. The van der Waals surface area contributed by atoms with E-state index in [4.69, 9.17) is 16.7 Å². The Kier molecular flexibility index (Phi) is 7.16. The number of primary sulfonamides is 1. The molecule has 0 aliphatic heterocycles. The van der Waals surface area contributed by atoms with Crippen molar-refractivity contribution >= 4 is 33.2 Å². The Bertz CT molecular complexity index is 868. The summed E-state index contributed by atoms with van der Waals surface area (Å²) in [4.78, 5) is 12.1. The number of halogens is 1. The molecule has 0 atom stereocenters. The molecule has 0 aromatic heterocycles. The topological polar surface area (TPSA) is 101 Å². The van der Waals surface area contributed by atoms with Crippen LogP contribution < -0.4 is 15.8 Å². The van der Waals surface area contributed by atoms with Crippen molar-refractivity contribution < 1.29 is 13.2 Å². The molecule has 140 valence electrons. The lowest BCUT2D eigenvalue weighted by Crippen LogP contribution is -2.23. The zero-order chi connectivity index (χ0) is 19.2. The molecule has 2 aromatic rings. The smallest absolute Gasteiger partial charge is 0.238 e. The molecule has 0 saturated heterocycles. The van der Waals surface area contributed by atoms with E-state index >= 15 is 0 Å². The van der Waals surface area contributed by atoms with Crippen molar-refractivity contribution in [2.75, 3.05) is 18.4 Å². The van der Waals surface area contributed by atoms with Crippen molar-refractivity contribution in [3.63, 3.8) is 0 Å². The summed E-state index contributed by atoms with van der Waals surface area (Å²) in [6.07, 6.45) is 1.07. The van der Waals surface area contributed by atoms with Gasteiger partial charge in [0.1, 0.15) is 0 Å². The predicted molar refractivity (Wildman–Crippen MR) is 104 cm³/mol. The maximum atomic E-state index is 12.0. The molecule has 0 saturated carbocycles. The number of carbonyl (C=O) groups is 1. The number of amides is 1. The fourth-order valence-corrected chi connectivity index (χ4v) is 3.05. The molecule has 8 heteroatoms. The Morgan fingerprint density at radius 3 is 2.46 bits per heavy atom. The van der Waals surface area contributed by atoms with E-state index in [-0.39, 0.29) is 10.8 Å². The van der Waals surface area contributed by atoms with Gasteiger partial charge in [0.25, 0.3) is 0 Å². The molecule has 0 radical (unpaired) electrons. The Hall–Kier alpha value is -1.93. The molecule has 2 aromatic carbocycles. The first-order valence-corrected chi connectivity index (χ1v) is 10.1. The molecule has 0 spiro atoms. The van der Waals surface area contributed by atoms with Gasteiger partial charge >= 0.3 is 0 Å². The molecule has 0 bridgehead atoms. The molecule has 0 unspecified atom stereocenters. The zero-order valence-electron chi connectivity index (χ0n) is 14.5. The summed E-state index contributed by atoms with van der Waals surface area (Å²) in [7, 11) is -3.66. The van der Waals surface area contributed by atoms with Gasteiger partial charge in [0.05, 0.1) is 4.90 Å². The molecule has 4 N–H and O–H groups in total. The van der Waals surface area contributed by atoms with Crippen LogP contribution in [0, 0.1) is 6.92 Å². The number of benzene rings is 2. The summed E-state index contributed by atoms with van der Waals surface area (Å²) >= 11 is 6.03. The number of rotatable bonds is 8. The zero-order valence-corrected chi connectivity index (χ0v) is 16.0. The van der Waals surface area contributed by atoms with Gasteiger partial charge in [-0.3, -0.25) is 4.79 Å². The van der Waals surface area contributed by atoms with E-state index in [0.29, 0.717) is 24.5 Å². The van der Waals surface area contributed by atoms with Crippen LogP contribution in [-0.4, -0.2) is 27.4 Å². The Balaban J connectivity index is 1.70. The minimum Gasteiger partial charge on any atom is -0.326 e. The number of hydrogen-bond donors (Lipinski definition) is 3. The quantitative estimate of drug-likeness (QED) is 0.597. The minimum atomic E-state index is -3.66. The minimum absolute atomic E-state index is 0.0830. The average molecular weight is 396 g/mol. The van der Waals surface area contributed by atoms with E-state index in [9.17, 15) is 13.2 Å². The third-order valence-electron chi connectivity index (χ3n) is 3.91.